The van der Waals surface area contributed by atoms with Gasteiger partial charge >= 0.3 is 0 Å². The van der Waals surface area contributed by atoms with E-state index in [4.69, 9.17) is 9.26 Å². The summed E-state index contributed by atoms with van der Waals surface area (Å²) in [5, 5.41) is 7.71. The van der Waals surface area contributed by atoms with Gasteiger partial charge in [0.25, 0.3) is 5.95 Å². The highest BCUT2D eigenvalue weighted by atomic mass is 16.5. The number of anilines is 1. The molecule has 0 aliphatic carbocycles. The van der Waals surface area contributed by atoms with Gasteiger partial charge in [-0.05, 0) is 31.0 Å². The fourth-order valence-corrected chi connectivity index (χ4v) is 3.11. The largest absolute Gasteiger partial charge is 0.379 e. The van der Waals surface area contributed by atoms with Crippen LogP contribution in [0.15, 0.2) is 4.52 Å². The molecule has 0 bridgehead atoms. The SMILES string of the molecule is CCCNC1COCC1c1nc(N2CCCCCC2)no1. The molecule has 2 fully saturated rings. The van der Waals surface area contributed by atoms with Crippen LogP contribution in [0.2, 0.25) is 0 Å². The van der Waals surface area contributed by atoms with E-state index in [0.29, 0.717) is 12.6 Å². The van der Waals surface area contributed by atoms with Gasteiger partial charge in [0.1, 0.15) is 0 Å². The zero-order valence-electron chi connectivity index (χ0n) is 12.9. The van der Waals surface area contributed by atoms with E-state index in [1.165, 1.54) is 25.7 Å². The Labute approximate surface area is 126 Å². The lowest BCUT2D eigenvalue weighted by Crippen LogP contribution is -2.35. The first-order chi connectivity index (χ1) is 10.4. The third kappa shape index (κ3) is 3.55. The zero-order valence-corrected chi connectivity index (χ0v) is 12.9. The van der Waals surface area contributed by atoms with E-state index in [-0.39, 0.29) is 5.92 Å². The number of hydrogen-bond donors (Lipinski definition) is 1. The second-order valence-electron chi connectivity index (χ2n) is 6.04. The van der Waals surface area contributed by atoms with Crippen molar-refractivity contribution in [1.29, 1.82) is 0 Å². The van der Waals surface area contributed by atoms with Gasteiger partial charge < -0.3 is 19.5 Å². The Morgan fingerprint density at radius 1 is 1.19 bits per heavy atom. The summed E-state index contributed by atoms with van der Waals surface area (Å²) in [7, 11) is 0. The Morgan fingerprint density at radius 3 is 2.76 bits per heavy atom. The molecule has 118 valence electrons. The maximum Gasteiger partial charge on any atom is 0.266 e. The monoisotopic (exact) mass is 294 g/mol. The molecule has 2 unspecified atom stereocenters. The Balaban J connectivity index is 1.65. The van der Waals surface area contributed by atoms with Crippen LogP contribution in [-0.2, 0) is 4.74 Å². The molecular weight excluding hydrogens is 268 g/mol. The average Bonchev–Trinajstić information content (AvgIpc) is 3.08. The van der Waals surface area contributed by atoms with Gasteiger partial charge in [-0.15, -0.1) is 0 Å². The maximum atomic E-state index is 5.59. The van der Waals surface area contributed by atoms with E-state index >= 15 is 0 Å². The molecule has 0 spiro atoms. The van der Waals surface area contributed by atoms with Crippen LogP contribution in [0.3, 0.4) is 0 Å². The molecule has 21 heavy (non-hydrogen) atoms. The summed E-state index contributed by atoms with van der Waals surface area (Å²) >= 11 is 0. The molecule has 0 aromatic carbocycles. The molecule has 6 nitrogen and oxygen atoms in total. The molecule has 1 aromatic rings. The van der Waals surface area contributed by atoms with Crippen LogP contribution in [0.25, 0.3) is 0 Å². The fourth-order valence-electron chi connectivity index (χ4n) is 3.11. The molecular formula is C15H26N4O2. The summed E-state index contributed by atoms with van der Waals surface area (Å²) in [6.07, 6.45) is 6.17. The van der Waals surface area contributed by atoms with Gasteiger partial charge in [0.2, 0.25) is 5.89 Å². The topological polar surface area (TPSA) is 63.4 Å². The predicted octanol–water partition coefficient (Wildman–Crippen LogP) is 1.93. The normalized spacial score (nSPS) is 27.0. The summed E-state index contributed by atoms with van der Waals surface area (Å²) < 4.78 is 11.1. The molecule has 2 atom stereocenters. The molecule has 0 radical (unpaired) electrons. The van der Waals surface area contributed by atoms with Crippen molar-refractivity contribution in [3.63, 3.8) is 0 Å². The summed E-state index contributed by atoms with van der Waals surface area (Å²) in [6, 6.07) is 0.294. The van der Waals surface area contributed by atoms with Gasteiger partial charge in [0.15, 0.2) is 0 Å². The molecule has 2 aliphatic rings. The first kappa shape index (κ1) is 14.8. The molecule has 1 N–H and O–H groups in total. The Morgan fingerprint density at radius 2 is 2.00 bits per heavy atom. The lowest BCUT2D eigenvalue weighted by Gasteiger charge is -2.17. The van der Waals surface area contributed by atoms with Gasteiger partial charge in [-0.25, -0.2) is 0 Å². The molecule has 0 saturated carbocycles. The van der Waals surface area contributed by atoms with E-state index < -0.39 is 0 Å². The van der Waals surface area contributed by atoms with Crippen LogP contribution >= 0.6 is 0 Å². The van der Waals surface area contributed by atoms with Gasteiger partial charge in [0.05, 0.1) is 19.1 Å². The Bertz CT molecular complexity index is 429. The second-order valence-corrected chi connectivity index (χ2v) is 6.04. The van der Waals surface area contributed by atoms with Crippen molar-refractivity contribution >= 4 is 5.95 Å². The highest BCUT2D eigenvalue weighted by Gasteiger charge is 2.34. The predicted molar refractivity (Wildman–Crippen MR) is 80.6 cm³/mol. The lowest BCUT2D eigenvalue weighted by molar-refractivity contribution is 0.184. The summed E-state index contributed by atoms with van der Waals surface area (Å²) in [6.45, 7) is 6.64. The van der Waals surface area contributed by atoms with Crippen molar-refractivity contribution in [2.75, 3.05) is 37.7 Å². The molecule has 3 heterocycles. The van der Waals surface area contributed by atoms with E-state index in [2.05, 4.69) is 27.3 Å². The smallest absolute Gasteiger partial charge is 0.266 e. The average molecular weight is 294 g/mol. The van der Waals surface area contributed by atoms with Gasteiger partial charge in [-0.3, -0.25) is 0 Å². The highest BCUT2D eigenvalue weighted by molar-refractivity contribution is 5.28. The van der Waals surface area contributed by atoms with Crippen LogP contribution in [0.1, 0.15) is 50.8 Å². The summed E-state index contributed by atoms with van der Waals surface area (Å²) in [5.74, 6) is 1.66. The van der Waals surface area contributed by atoms with Crippen molar-refractivity contribution in [3.8, 4) is 0 Å². The van der Waals surface area contributed by atoms with Crippen molar-refractivity contribution < 1.29 is 9.26 Å². The number of ether oxygens (including phenoxy) is 1. The third-order valence-corrected chi connectivity index (χ3v) is 4.37. The zero-order chi connectivity index (χ0) is 14.5. The minimum atomic E-state index is 0.185. The van der Waals surface area contributed by atoms with Gasteiger partial charge in [-0.1, -0.05) is 19.8 Å². The number of nitrogens with one attached hydrogen (secondary N) is 1. The summed E-state index contributed by atoms with van der Waals surface area (Å²) in [5.41, 5.74) is 0. The summed E-state index contributed by atoms with van der Waals surface area (Å²) in [4.78, 5) is 6.90. The molecule has 2 aliphatic heterocycles. The first-order valence-electron chi connectivity index (χ1n) is 8.28. The molecule has 3 rings (SSSR count). The van der Waals surface area contributed by atoms with E-state index in [1.807, 2.05) is 0 Å². The van der Waals surface area contributed by atoms with E-state index in [1.54, 1.807) is 0 Å². The lowest BCUT2D eigenvalue weighted by atomic mass is 10.0. The molecule has 2 saturated heterocycles. The van der Waals surface area contributed by atoms with Crippen LogP contribution < -0.4 is 10.2 Å². The molecule has 1 aromatic heterocycles. The highest BCUT2D eigenvalue weighted by Crippen LogP contribution is 2.26. The maximum absolute atomic E-state index is 5.59. The van der Waals surface area contributed by atoms with Crippen LogP contribution in [0.5, 0.6) is 0 Å². The van der Waals surface area contributed by atoms with Crippen molar-refractivity contribution in [1.82, 2.24) is 15.5 Å². The Kier molecular flexibility index (Phi) is 5.08. The number of hydrogen-bond acceptors (Lipinski definition) is 6. The van der Waals surface area contributed by atoms with Gasteiger partial charge in [0, 0.05) is 19.1 Å². The van der Waals surface area contributed by atoms with Crippen LogP contribution in [-0.4, -0.2) is 49.0 Å². The fraction of sp³-hybridized carbons (Fsp3) is 0.867. The second kappa shape index (κ2) is 7.22. The van der Waals surface area contributed by atoms with Crippen LogP contribution in [0.4, 0.5) is 5.95 Å². The third-order valence-electron chi connectivity index (χ3n) is 4.37. The minimum absolute atomic E-state index is 0.185. The minimum Gasteiger partial charge on any atom is -0.379 e. The number of aromatic nitrogens is 2. The molecule has 6 heteroatoms. The number of nitrogens with zero attached hydrogens (tertiary/aromatic N) is 3. The van der Waals surface area contributed by atoms with Crippen molar-refractivity contribution in [3.05, 3.63) is 5.89 Å². The Hall–Kier alpha value is -1.14. The first-order valence-corrected chi connectivity index (χ1v) is 8.28. The van der Waals surface area contributed by atoms with Crippen LogP contribution in [0, 0.1) is 0 Å². The van der Waals surface area contributed by atoms with Gasteiger partial charge in [-0.2, -0.15) is 4.98 Å². The van der Waals surface area contributed by atoms with E-state index in [0.717, 1.165) is 44.5 Å². The quantitative estimate of drug-likeness (QED) is 0.895. The molecule has 0 amide bonds. The number of rotatable bonds is 5. The van der Waals surface area contributed by atoms with Crippen molar-refractivity contribution in [2.45, 2.75) is 51.0 Å². The standard InChI is InChI=1S/C15H26N4O2/c1-2-7-16-13-11-20-10-12(13)14-17-15(18-21-14)19-8-5-3-4-6-9-19/h12-13,16H,2-11H2,1H3. The van der Waals surface area contributed by atoms with E-state index in [9.17, 15) is 0 Å². The van der Waals surface area contributed by atoms with Crippen molar-refractivity contribution in [2.24, 2.45) is 0 Å².